The van der Waals surface area contributed by atoms with Crippen LogP contribution in [0.1, 0.15) is 25.2 Å². The summed E-state index contributed by atoms with van der Waals surface area (Å²) < 4.78 is 40.0. The van der Waals surface area contributed by atoms with E-state index in [9.17, 15) is 13.2 Å². The van der Waals surface area contributed by atoms with Crippen LogP contribution < -0.4 is 5.73 Å². The Labute approximate surface area is 115 Å². The summed E-state index contributed by atoms with van der Waals surface area (Å²) in [5, 5.41) is 0. The summed E-state index contributed by atoms with van der Waals surface area (Å²) in [6.07, 6.45) is -3.69. The lowest BCUT2D eigenvalue weighted by atomic mass is 10.1. The van der Waals surface area contributed by atoms with Crippen LogP contribution in [0.4, 0.5) is 19.0 Å². The molecule has 0 aliphatic rings. The topological polar surface area (TPSA) is 43.8 Å². The maximum atomic E-state index is 12.7. The minimum atomic E-state index is -4.37. The molecule has 2 aromatic rings. The highest BCUT2D eigenvalue weighted by molar-refractivity contribution is 5.71. The molecular formula is C14H16F3N3. The molecule has 0 saturated carbocycles. The first kappa shape index (κ1) is 14.4. The number of rotatable bonds is 3. The van der Waals surface area contributed by atoms with Crippen LogP contribution in [0.15, 0.2) is 24.3 Å². The van der Waals surface area contributed by atoms with Crippen LogP contribution in [0.5, 0.6) is 0 Å². The highest BCUT2D eigenvalue weighted by Crippen LogP contribution is 2.33. The van der Waals surface area contributed by atoms with Gasteiger partial charge in [0, 0.05) is 18.5 Å². The fourth-order valence-electron chi connectivity index (χ4n) is 2.19. The number of alkyl halides is 3. The molecule has 1 heterocycles. The van der Waals surface area contributed by atoms with E-state index in [1.54, 1.807) is 6.07 Å². The van der Waals surface area contributed by atoms with Gasteiger partial charge in [0.2, 0.25) is 0 Å². The van der Waals surface area contributed by atoms with E-state index >= 15 is 0 Å². The Kier molecular flexibility index (Phi) is 3.74. The van der Waals surface area contributed by atoms with Gasteiger partial charge in [-0.15, -0.1) is 0 Å². The molecule has 0 amide bonds. The molecule has 6 heteroatoms. The van der Waals surface area contributed by atoms with Gasteiger partial charge < -0.3 is 10.3 Å². The largest absolute Gasteiger partial charge is 0.416 e. The van der Waals surface area contributed by atoms with Gasteiger partial charge in [0.05, 0.1) is 5.56 Å². The van der Waals surface area contributed by atoms with Gasteiger partial charge in [-0.2, -0.15) is 13.2 Å². The summed E-state index contributed by atoms with van der Waals surface area (Å²) in [7, 11) is 0. The average Bonchev–Trinajstić information content (AvgIpc) is 2.74. The predicted molar refractivity (Wildman–Crippen MR) is 72.1 cm³/mol. The molecule has 1 aromatic carbocycles. The van der Waals surface area contributed by atoms with Crippen LogP contribution >= 0.6 is 0 Å². The second-order valence-corrected chi connectivity index (χ2v) is 4.44. The maximum Gasteiger partial charge on any atom is 0.416 e. The third kappa shape index (κ3) is 2.50. The van der Waals surface area contributed by atoms with Gasteiger partial charge >= 0.3 is 6.18 Å². The molecule has 3 nitrogen and oxygen atoms in total. The van der Waals surface area contributed by atoms with Crippen molar-refractivity contribution >= 4 is 5.82 Å². The van der Waals surface area contributed by atoms with Gasteiger partial charge in [-0.1, -0.05) is 19.1 Å². The number of benzene rings is 1. The summed E-state index contributed by atoms with van der Waals surface area (Å²) in [5.41, 5.74) is 6.10. The summed E-state index contributed by atoms with van der Waals surface area (Å²) in [4.78, 5) is 4.36. The van der Waals surface area contributed by atoms with Gasteiger partial charge in [0.1, 0.15) is 17.3 Å². The Morgan fingerprint density at radius 3 is 2.45 bits per heavy atom. The van der Waals surface area contributed by atoms with Crippen LogP contribution in [0.3, 0.4) is 0 Å². The quantitative estimate of drug-likeness (QED) is 0.932. The highest BCUT2D eigenvalue weighted by atomic mass is 19.4. The molecule has 0 saturated heterocycles. The highest BCUT2D eigenvalue weighted by Gasteiger charge is 2.30. The molecule has 0 aliphatic carbocycles. The van der Waals surface area contributed by atoms with Crippen LogP contribution in [0, 0.1) is 0 Å². The first-order valence-electron chi connectivity index (χ1n) is 6.41. The number of nitrogens with zero attached hydrogens (tertiary/aromatic N) is 2. The van der Waals surface area contributed by atoms with Gasteiger partial charge in [-0.3, -0.25) is 0 Å². The lowest BCUT2D eigenvalue weighted by molar-refractivity contribution is -0.137. The van der Waals surface area contributed by atoms with E-state index in [0.717, 1.165) is 18.0 Å². The molecule has 0 bridgehead atoms. The summed E-state index contributed by atoms with van der Waals surface area (Å²) >= 11 is 0. The second kappa shape index (κ2) is 5.19. The molecule has 0 fully saturated rings. The normalized spacial score (nSPS) is 11.8. The minimum absolute atomic E-state index is 0.388. The maximum absolute atomic E-state index is 12.7. The van der Waals surface area contributed by atoms with Crippen molar-refractivity contribution in [1.82, 2.24) is 9.55 Å². The molecule has 0 spiro atoms. The monoisotopic (exact) mass is 283 g/mol. The van der Waals surface area contributed by atoms with Crippen LogP contribution in [0.25, 0.3) is 11.3 Å². The van der Waals surface area contributed by atoms with E-state index in [1.165, 1.54) is 6.07 Å². The van der Waals surface area contributed by atoms with Crippen molar-refractivity contribution in [3.05, 3.63) is 35.7 Å². The van der Waals surface area contributed by atoms with Crippen LogP contribution in [-0.4, -0.2) is 9.55 Å². The SMILES string of the molecule is CCc1nc(-c2cccc(C(F)(F)F)c2)c(N)n1CC. The average molecular weight is 283 g/mol. The molecule has 0 radical (unpaired) electrons. The van der Waals surface area contributed by atoms with Crippen molar-refractivity contribution in [3.8, 4) is 11.3 Å². The number of anilines is 1. The molecule has 20 heavy (non-hydrogen) atoms. The van der Waals surface area contributed by atoms with Gasteiger partial charge in [0.25, 0.3) is 0 Å². The zero-order chi connectivity index (χ0) is 14.9. The predicted octanol–water partition coefficient (Wildman–Crippen LogP) is 3.73. The lowest BCUT2D eigenvalue weighted by Crippen LogP contribution is -2.05. The Hall–Kier alpha value is -1.98. The van der Waals surface area contributed by atoms with Crippen LogP contribution in [-0.2, 0) is 19.1 Å². The zero-order valence-electron chi connectivity index (χ0n) is 11.3. The fraction of sp³-hybridized carbons (Fsp3) is 0.357. The number of hydrogen-bond donors (Lipinski definition) is 1. The number of hydrogen-bond acceptors (Lipinski definition) is 2. The summed E-state index contributed by atoms with van der Waals surface area (Å²) in [5.74, 6) is 1.18. The first-order valence-corrected chi connectivity index (χ1v) is 6.41. The van der Waals surface area contributed by atoms with Gasteiger partial charge in [-0.25, -0.2) is 4.98 Å². The third-order valence-corrected chi connectivity index (χ3v) is 3.18. The van der Waals surface area contributed by atoms with Crippen molar-refractivity contribution < 1.29 is 13.2 Å². The third-order valence-electron chi connectivity index (χ3n) is 3.18. The number of nitrogens with two attached hydrogens (primary N) is 1. The molecular weight excluding hydrogens is 267 g/mol. The number of halogens is 3. The van der Waals surface area contributed by atoms with Crippen molar-refractivity contribution in [2.75, 3.05) is 5.73 Å². The van der Waals surface area contributed by atoms with Crippen molar-refractivity contribution in [3.63, 3.8) is 0 Å². The van der Waals surface area contributed by atoms with Crippen LogP contribution in [0.2, 0.25) is 0 Å². The van der Waals surface area contributed by atoms with E-state index < -0.39 is 11.7 Å². The standard InChI is InChI=1S/C14H16F3N3/c1-3-11-19-12(13(18)20(11)4-2)9-6-5-7-10(8-9)14(15,16)17/h5-8H,3-4,18H2,1-2H3. The number of aromatic nitrogens is 2. The van der Waals surface area contributed by atoms with Crippen molar-refractivity contribution in [1.29, 1.82) is 0 Å². The molecule has 0 atom stereocenters. The molecule has 2 rings (SSSR count). The van der Waals surface area contributed by atoms with E-state index in [4.69, 9.17) is 5.73 Å². The Balaban J connectivity index is 2.55. The zero-order valence-corrected chi connectivity index (χ0v) is 11.3. The molecule has 2 N–H and O–H groups in total. The Morgan fingerprint density at radius 1 is 1.25 bits per heavy atom. The second-order valence-electron chi connectivity index (χ2n) is 4.44. The van der Waals surface area contributed by atoms with E-state index in [1.807, 2.05) is 18.4 Å². The summed E-state index contributed by atoms with van der Waals surface area (Å²) in [6.45, 7) is 4.50. The Bertz CT molecular complexity index is 615. The molecule has 1 aromatic heterocycles. The van der Waals surface area contributed by atoms with E-state index in [0.29, 0.717) is 30.0 Å². The lowest BCUT2D eigenvalue weighted by Gasteiger charge is -2.08. The summed E-state index contributed by atoms with van der Waals surface area (Å²) in [6, 6.07) is 5.08. The number of aryl methyl sites for hydroxylation is 1. The molecule has 0 unspecified atom stereocenters. The Morgan fingerprint density at radius 2 is 1.95 bits per heavy atom. The van der Waals surface area contributed by atoms with Crippen molar-refractivity contribution in [2.45, 2.75) is 33.0 Å². The number of nitrogen functional groups attached to an aromatic ring is 1. The first-order chi connectivity index (χ1) is 9.38. The van der Waals surface area contributed by atoms with Gasteiger partial charge in [0.15, 0.2) is 0 Å². The molecule has 0 aliphatic heterocycles. The number of imidazole rings is 1. The molecule has 108 valence electrons. The smallest absolute Gasteiger partial charge is 0.383 e. The van der Waals surface area contributed by atoms with Crippen molar-refractivity contribution in [2.24, 2.45) is 0 Å². The van der Waals surface area contributed by atoms with E-state index in [2.05, 4.69) is 4.98 Å². The fourth-order valence-corrected chi connectivity index (χ4v) is 2.19. The minimum Gasteiger partial charge on any atom is -0.383 e. The van der Waals surface area contributed by atoms with Gasteiger partial charge in [-0.05, 0) is 19.1 Å². The van der Waals surface area contributed by atoms with E-state index in [-0.39, 0.29) is 0 Å².